The fourth-order valence-corrected chi connectivity index (χ4v) is 1.70. The van der Waals surface area contributed by atoms with Gasteiger partial charge in [0.05, 0.1) is 5.70 Å². The van der Waals surface area contributed by atoms with E-state index in [0.717, 1.165) is 16.8 Å². The molecule has 1 aliphatic heterocycles. The number of hydrogen-bond donors (Lipinski definition) is 3. The summed E-state index contributed by atoms with van der Waals surface area (Å²) in [5.74, 6) is 0.619. The number of amidine groups is 1. The van der Waals surface area contributed by atoms with Crippen LogP contribution in [0.5, 0.6) is 0 Å². The predicted octanol–water partition coefficient (Wildman–Crippen LogP) is 1.21. The zero-order valence-corrected chi connectivity index (χ0v) is 11.9. The van der Waals surface area contributed by atoms with Crippen molar-refractivity contribution in [2.24, 2.45) is 10.7 Å². The summed E-state index contributed by atoms with van der Waals surface area (Å²) >= 11 is 0. The van der Waals surface area contributed by atoms with Crippen LogP contribution < -0.4 is 16.4 Å². The molecular weight excluding hydrogens is 240 g/mol. The molecule has 1 atom stereocenters. The molecule has 1 unspecified atom stereocenters. The molecule has 104 valence electrons. The molecule has 0 radical (unpaired) electrons. The molecule has 1 aliphatic rings. The van der Waals surface area contributed by atoms with Crippen molar-refractivity contribution >= 4 is 11.6 Å². The molecule has 0 bridgehead atoms. The largest absolute Gasteiger partial charge is 0.394 e. The number of aliphatic imine (C=N–C) groups is 1. The molecule has 0 amide bonds. The number of Topliss-reactive ketones (excluding diaryl/α,β-unsaturated/α-hetero) is 1. The first kappa shape index (κ1) is 15.0. The van der Waals surface area contributed by atoms with Gasteiger partial charge in [0.15, 0.2) is 5.78 Å². The Kier molecular flexibility index (Phi) is 5.36. The average Bonchev–Trinajstić information content (AvgIpc) is 2.40. The van der Waals surface area contributed by atoms with Gasteiger partial charge in [0, 0.05) is 31.4 Å². The van der Waals surface area contributed by atoms with E-state index in [1.807, 2.05) is 33.9 Å². The van der Waals surface area contributed by atoms with Gasteiger partial charge < -0.3 is 16.4 Å². The van der Waals surface area contributed by atoms with E-state index in [4.69, 9.17) is 5.73 Å². The number of ketones is 1. The second-order valence-electron chi connectivity index (χ2n) is 4.46. The van der Waals surface area contributed by atoms with E-state index in [2.05, 4.69) is 15.6 Å². The van der Waals surface area contributed by atoms with Crippen molar-refractivity contribution < 1.29 is 4.79 Å². The second kappa shape index (κ2) is 6.78. The van der Waals surface area contributed by atoms with E-state index in [9.17, 15) is 4.79 Å². The number of carbonyl (C=O) groups excluding carboxylic acids is 1. The molecule has 5 heteroatoms. The minimum atomic E-state index is -0.251. The standard InChI is InChI=1S/C14H22N4O/c1-5-13(19)11-6-9(2)12(8-17-11)18-14(15)10(3)7-16-4/h6-8,11,16-17H,5H2,1-4H3,(H2,15,18)/b10-7-. The van der Waals surface area contributed by atoms with Crippen LogP contribution in [0.15, 0.2) is 40.3 Å². The fraction of sp³-hybridized carbons (Fsp3) is 0.429. The summed E-state index contributed by atoms with van der Waals surface area (Å²) < 4.78 is 0. The lowest BCUT2D eigenvalue weighted by atomic mass is 10.0. The van der Waals surface area contributed by atoms with Crippen LogP contribution >= 0.6 is 0 Å². The number of carbonyl (C=O) groups is 1. The Labute approximate surface area is 114 Å². The van der Waals surface area contributed by atoms with Crippen LogP contribution in [0.2, 0.25) is 0 Å². The quantitative estimate of drug-likeness (QED) is 0.514. The van der Waals surface area contributed by atoms with Crippen molar-refractivity contribution in [1.29, 1.82) is 0 Å². The maximum absolute atomic E-state index is 11.6. The number of nitrogens with one attached hydrogen (secondary N) is 2. The molecule has 0 saturated carbocycles. The van der Waals surface area contributed by atoms with Crippen LogP contribution in [0.1, 0.15) is 27.2 Å². The molecule has 0 saturated heterocycles. The lowest BCUT2D eigenvalue weighted by Gasteiger charge is -2.19. The summed E-state index contributed by atoms with van der Waals surface area (Å²) in [5.41, 5.74) is 8.46. The first-order chi connectivity index (χ1) is 8.99. The second-order valence-corrected chi connectivity index (χ2v) is 4.46. The number of rotatable bonds is 5. The van der Waals surface area contributed by atoms with Gasteiger partial charge in [-0.1, -0.05) is 6.92 Å². The van der Waals surface area contributed by atoms with Gasteiger partial charge in [0.25, 0.3) is 0 Å². The Bertz CT molecular complexity index is 472. The summed E-state index contributed by atoms with van der Waals surface area (Å²) in [7, 11) is 1.81. The summed E-state index contributed by atoms with van der Waals surface area (Å²) in [5, 5.41) is 5.95. The van der Waals surface area contributed by atoms with Gasteiger partial charge in [-0.25, -0.2) is 4.99 Å². The van der Waals surface area contributed by atoms with Crippen molar-refractivity contribution in [2.45, 2.75) is 33.2 Å². The van der Waals surface area contributed by atoms with Gasteiger partial charge in [0.1, 0.15) is 11.9 Å². The molecule has 0 aromatic rings. The summed E-state index contributed by atoms with van der Waals surface area (Å²) in [6.07, 6.45) is 5.93. The van der Waals surface area contributed by atoms with Crippen molar-refractivity contribution in [3.63, 3.8) is 0 Å². The highest BCUT2D eigenvalue weighted by molar-refractivity contribution is 5.97. The van der Waals surface area contributed by atoms with E-state index >= 15 is 0 Å². The van der Waals surface area contributed by atoms with Crippen molar-refractivity contribution in [2.75, 3.05) is 7.05 Å². The molecule has 0 aromatic carbocycles. The van der Waals surface area contributed by atoms with Gasteiger partial charge >= 0.3 is 0 Å². The number of dihydropyridines is 1. The maximum Gasteiger partial charge on any atom is 0.158 e. The zero-order chi connectivity index (χ0) is 14.4. The van der Waals surface area contributed by atoms with E-state index in [1.54, 1.807) is 12.4 Å². The third-order valence-electron chi connectivity index (χ3n) is 2.92. The van der Waals surface area contributed by atoms with E-state index in [0.29, 0.717) is 12.3 Å². The molecule has 4 N–H and O–H groups in total. The first-order valence-corrected chi connectivity index (χ1v) is 6.35. The highest BCUT2D eigenvalue weighted by atomic mass is 16.1. The van der Waals surface area contributed by atoms with Crippen LogP contribution in [0, 0.1) is 0 Å². The molecule has 0 spiro atoms. The normalized spacial score (nSPS) is 20.3. The van der Waals surface area contributed by atoms with Crippen LogP contribution in [-0.2, 0) is 4.79 Å². The third kappa shape index (κ3) is 3.98. The Morgan fingerprint density at radius 1 is 1.63 bits per heavy atom. The summed E-state index contributed by atoms with van der Waals surface area (Å²) in [6, 6.07) is -0.251. The zero-order valence-electron chi connectivity index (χ0n) is 11.9. The van der Waals surface area contributed by atoms with E-state index < -0.39 is 0 Å². The Morgan fingerprint density at radius 2 is 2.32 bits per heavy atom. The van der Waals surface area contributed by atoms with Crippen molar-refractivity contribution in [3.8, 4) is 0 Å². The van der Waals surface area contributed by atoms with Crippen LogP contribution in [-0.4, -0.2) is 24.7 Å². The number of hydrogen-bond acceptors (Lipinski definition) is 4. The fourth-order valence-electron chi connectivity index (χ4n) is 1.70. The van der Waals surface area contributed by atoms with Gasteiger partial charge in [0.2, 0.25) is 0 Å². The Morgan fingerprint density at radius 3 is 2.84 bits per heavy atom. The number of nitrogens with zero attached hydrogens (tertiary/aromatic N) is 1. The predicted molar refractivity (Wildman–Crippen MR) is 78.5 cm³/mol. The van der Waals surface area contributed by atoms with E-state index in [1.165, 1.54) is 0 Å². The molecular formula is C14H22N4O. The van der Waals surface area contributed by atoms with Gasteiger partial charge in [-0.15, -0.1) is 0 Å². The number of nitrogens with two attached hydrogens (primary N) is 1. The summed E-state index contributed by atoms with van der Waals surface area (Å²) in [4.78, 5) is 16.0. The molecule has 19 heavy (non-hydrogen) atoms. The van der Waals surface area contributed by atoms with Crippen LogP contribution in [0.4, 0.5) is 0 Å². The summed E-state index contributed by atoms with van der Waals surface area (Å²) in [6.45, 7) is 5.67. The molecule has 0 aromatic heterocycles. The lowest BCUT2D eigenvalue weighted by molar-refractivity contribution is -0.119. The first-order valence-electron chi connectivity index (χ1n) is 6.35. The highest BCUT2D eigenvalue weighted by Crippen LogP contribution is 2.16. The van der Waals surface area contributed by atoms with Crippen molar-refractivity contribution in [3.05, 3.63) is 35.3 Å². The van der Waals surface area contributed by atoms with Gasteiger partial charge in [-0.2, -0.15) is 0 Å². The molecule has 0 fully saturated rings. The topological polar surface area (TPSA) is 79.5 Å². The molecule has 1 heterocycles. The van der Waals surface area contributed by atoms with Crippen LogP contribution in [0.25, 0.3) is 0 Å². The monoisotopic (exact) mass is 262 g/mol. The van der Waals surface area contributed by atoms with Crippen LogP contribution in [0.3, 0.4) is 0 Å². The Balaban J connectivity index is 2.86. The molecule has 0 aliphatic carbocycles. The third-order valence-corrected chi connectivity index (χ3v) is 2.92. The molecule has 1 rings (SSSR count). The van der Waals surface area contributed by atoms with E-state index in [-0.39, 0.29) is 11.8 Å². The maximum atomic E-state index is 11.6. The van der Waals surface area contributed by atoms with Gasteiger partial charge in [-0.05, 0) is 25.5 Å². The highest BCUT2D eigenvalue weighted by Gasteiger charge is 2.17. The lowest BCUT2D eigenvalue weighted by Crippen LogP contribution is -2.33. The van der Waals surface area contributed by atoms with Gasteiger partial charge in [-0.3, -0.25) is 4.79 Å². The number of allylic oxidation sites excluding steroid dienone is 1. The average molecular weight is 262 g/mol. The Hall–Kier alpha value is -2.04. The minimum Gasteiger partial charge on any atom is -0.394 e. The minimum absolute atomic E-state index is 0.165. The molecule has 5 nitrogen and oxygen atoms in total. The smallest absolute Gasteiger partial charge is 0.158 e. The SMILES string of the molecule is CCC(=O)C1C=C(C)C(N=C(N)/C(C)=C\NC)=CN1. The van der Waals surface area contributed by atoms with Crippen molar-refractivity contribution in [1.82, 2.24) is 10.6 Å².